The first-order chi connectivity index (χ1) is 15.9. The number of benzene rings is 2. The van der Waals surface area contributed by atoms with Crippen molar-refractivity contribution in [3.63, 3.8) is 0 Å². The molecule has 4 rings (SSSR count). The summed E-state index contributed by atoms with van der Waals surface area (Å²) in [6.45, 7) is 2.44. The summed E-state index contributed by atoms with van der Waals surface area (Å²) in [7, 11) is 1.66. The first-order valence-corrected chi connectivity index (χ1v) is 11.2. The Morgan fingerprint density at radius 2 is 1.85 bits per heavy atom. The number of piperidine rings is 1. The number of aromatic carboxylic acids is 1. The fraction of sp³-hybridized carbons (Fsp3) is 0.346. The van der Waals surface area contributed by atoms with E-state index in [0.29, 0.717) is 28.9 Å². The van der Waals surface area contributed by atoms with Gasteiger partial charge in [-0.1, -0.05) is 12.5 Å². The number of halogens is 1. The number of carboxylic acids is 1. The van der Waals surface area contributed by atoms with Crippen LogP contribution in [0.5, 0.6) is 0 Å². The molecule has 0 bridgehead atoms. The zero-order chi connectivity index (χ0) is 23.5. The number of carbonyl (C=O) groups excluding carboxylic acids is 2. The highest BCUT2D eigenvalue weighted by Gasteiger charge is 2.27. The fourth-order valence-corrected chi connectivity index (χ4v) is 4.64. The largest absolute Gasteiger partial charge is 0.478 e. The first-order valence-electron chi connectivity index (χ1n) is 11.2. The number of hydrogen-bond acceptors (Lipinski definition) is 5. The Kier molecular flexibility index (Phi) is 6.70. The molecule has 2 aliphatic rings. The van der Waals surface area contributed by atoms with E-state index in [2.05, 4.69) is 10.2 Å². The summed E-state index contributed by atoms with van der Waals surface area (Å²) in [6.07, 6.45) is 4.87. The van der Waals surface area contributed by atoms with Gasteiger partial charge < -0.3 is 10.4 Å². The van der Waals surface area contributed by atoms with Crippen LogP contribution in [-0.4, -0.2) is 47.7 Å². The average Bonchev–Trinajstić information content (AvgIpc) is 2.80. The molecular formula is C26H27FN2O4. The maximum absolute atomic E-state index is 14.0. The molecule has 2 N–H and O–H groups in total. The number of ketones is 2. The summed E-state index contributed by atoms with van der Waals surface area (Å²) in [5.74, 6) is -2.10. The van der Waals surface area contributed by atoms with Crippen molar-refractivity contribution in [3.8, 4) is 0 Å². The maximum atomic E-state index is 14.0. The third kappa shape index (κ3) is 5.03. The molecule has 0 aromatic heterocycles. The smallest absolute Gasteiger partial charge is 0.335 e. The molecule has 2 aromatic carbocycles. The molecule has 172 valence electrons. The molecule has 1 saturated heterocycles. The minimum absolute atomic E-state index is 0.00974. The van der Waals surface area contributed by atoms with Gasteiger partial charge in [0.2, 0.25) is 0 Å². The molecule has 33 heavy (non-hydrogen) atoms. The van der Waals surface area contributed by atoms with Gasteiger partial charge in [-0.15, -0.1) is 0 Å². The van der Waals surface area contributed by atoms with Crippen molar-refractivity contribution in [3.05, 3.63) is 69.5 Å². The lowest BCUT2D eigenvalue weighted by Gasteiger charge is -2.27. The van der Waals surface area contributed by atoms with Gasteiger partial charge in [0, 0.05) is 32.1 Å². The highest BCUT2D eigenvalue weighted by molar-refractivity contribution is 6.25. The molecule has 0 unspecified atom stereocenters. The Morgan fingerprint density at radius 1 is 1.09 bits per heavy atom. The van der Waals surface area contributed by atoms with Crippen LogP contribution in [-0.2, 0) is 29.0 Å². The van der Waals surface area contributed by atoms with Gasteiger partial charge in [-0.25, -0.2) is 9.18 Å². The summed E-state index contributed by atoms with van der Waals surface area (Å²) in [5, 5.41) is 12.3. The van der Waals surface area contributed by atoms with Crippen LogP contribution in [0.3, 0.4) is 0 Å². The van der Waals surface area contributed by atoms with Crippen molar-refractivity contribution in [1.82, 2.24) is 4.90 Å². The van der Waals surface area contributed by atoms with Crippen LogP contribution >= 0.6 is 0 Å². The fourth-order valence-electron chi connectivity index (χ4n) is 4.64. The lowest BCUT2D eigenvalue weighted by molar-refractivity contribution is -0.120. The molecule has 7 heteroatoms. The number of likely N-dealkylation sites (tertiary alicyclic amines) is 1. The second-order valence-corrected chi connectivity index (χ2v) is 8.65. The van der Waals surface area contributed by atoms with Gasteiger partial charge in [0.05, 0.1) is 11.1 Å². The molecule has 1 heterocycles. The van der Waals surface area contributed by atoms with E-state index in [1.807, 2.05) is 0 Å². The summed E-state index contributed by atoms with van der Waals surface area (Å²) < 4.78 is 14.0. The van der Waals surface area contributed by atoms with Gasteiger partial charge >= 0.3 is 5.97 Å². The third-order valence-electron chi connectivity index (χ3n) is 6.40. The number of nitrogens with one attached hydrogen (secondary N) is 1. The Balaban J connectivity index is 1.63. The number of nitrogens with zero attached hydrogens (tertiary/aromatic N) is 1. The quantitative estimate of drug-likeness (QED) is 0.623. The van der Waals surface area contributed by atoms with E-state index in [0.717, 1.165) is 31.5 Å². The monoisotopic (exact) mass is 450 g/mol. The van der Waals surface area contributed by atoms with E-state index in [4.69, 9.17) is 0 Å². The first kappa shape index (κ1) is 22.9. The van der Waals surface area contributed by atoms with Crippen LogP contribution in [0, 0.1) is 5.82 Å². The Labute approximate surface area is 192 Å². The molecule has 2 aromatic rings. The molecule has 6 nitrogen and oxygen atoms in total. The molecule has 1 aliphatic carbocycles. The molecule has 0 atom stereocenters. The van der Waals surface area contributed by atoms with E-state index in [9.17, 15) is 23.9 Å². The lowest BCUT2D eigenvalue weighted by Crippen LogP contribution is -2.30. The van der Waals surface area contributed by atoms with Gasteiger partial charge in [-0.05, 0) is 78.5 Å². The third-order valence-corrected chi connectivity index (χ3v) is 6.40. The van der Waals surface area contributed by atoms with Crippen LogP contribution < -0.4 is 5.32 Å². The number of fused-ring (bicyclic) bond motifs is 1. The van der Waals surface area contributed by atoms with Gasteiger partial charge in [0.25, 0.3) is 0 Å². The summed E-state index contributed by atoms with van der Waals surface area (Å²) in [6, 6.07) is 7.45. The van der Waals surface area contributed by atoms with Crippen LogP contribution in [0.2, 0.25) is 0 Å². The molecule has 1 aliphatic heterocycles. The van der Waals surface area contributed by atoms with E-state index in [1.165, 1.54) is 30.7 Å². The Bertz CT molecular complexity index is 1150. The van der Waals surface area contributed by atoms with E-state index < -0.39 is 11.8 Å². The van der Waals surface area contributed by atoms with Gasteiger partial charge in [0.15, 0.2) is 11.6 Å². The molecule has 0 spiro atoms. The number of rotatable bonds is 7. The van der Waals surface area contributed by atoms with Gasteiger partial charge in [-0.3, -0.25) is 14.5 Å². The van der Waals surface area contributed by atoms with Crippen molar-refractivity contribution in [2.75, 3.05) is 25.5 Å². The number of carbonyl (C=O) groups is 3. The van der Waals surface area contributed by atoms with Gasteiger partial charge in [0.1, 0.15) is 5.82 Å². The van der Waals surface area contributed by atoms with E-state index >= 15 is 0 Å². The Hall–Kier alpha value is -3.32. The van der Waals surface area contributed by atoms with Crippen LogP contribution in [0.25, 0.3) is 6.08 Å². The topological polar surface area (TPSA) is 86.7 Å². The lowest BCUT2D eigenvalue weighted by atomic mass is 9.86. The molecular weight excluding hydrogens is 423 g/mol. The minimum atomic E-state index is -1.02. The minimum Gasteiger partial charge on any atom is -0.478 e. The predicted molar refractivity (Wildman–Crippen MR) is 124 cm³/mol. The Morgan fingerprint density at radius 3 is 2.55 bits per heavy atom. The normalized spacial score (nSPS) is 16.2. The average molecular weight is 451 g/mol. The zero-order valence-electron chi connectivity index (χ0n) is 18.6. The van der Waals surface area contributed by atoms with Crippen LogP contribution in [0.15, 0.2) is 35.9 Å². The van der Waals surface area contributed by atoms with Crippen LogP contribution in [0.1, 0.15) is 51.9 Å². The molecule has 1 fully saturated rings. The highest BCUT2D eigenvalue weighted by atomic mass is 19.1. The predicted octanol–water partition coefficient (Wildman–Crippen LogP) is 3.87. The summed E-state index contributed by atoms with van der Waals surface area (Å²) >= 11 is 0. The standard InChI is InChI=1S/C26H27FN2O4/c1-28-23-13-20(27)10-18-11-22(25(31)14-21(18)23)24(30)12-16-5-6-17(26(32)33)9-19(16)15-29-7-3-2-4-8-29/h5-6,9-11,13,28H,2-4,7-8,12,14-15H2,1H3,(H,32,33). The molecule has 0 amide bonds. The SMILES string of the molecule is CNc1cc(F)cc2c1CC(=O)C(C(=O)Cc1ccc(C(=O)O)cc1CN1CCCCC1)=C2. The number of carboxylic acid groups (broad SMARTS) is 1. The number of Topliss-reactive ketones (excluding diaryl/α,β-unsaturated/α-hetero) is 2. The number of hydrogen-bond donors (Lipinski definition) is 2. The highest BCUT2D eigenvalue weighted by Crippen LogP contribution is 2.30. The van der Waals surface area contributed by atoms with Crippen molar-refractivity contribution >= 4 is 29.3 Å². The van der Waals surface area contributed by atoms with Crippen molar-refractivity contribution in [2.45, 2.75) is 38.6 Å². The van der Waals surface area contributed by atoms with Crippen molar-refractivity contribution < 1.29 is 23.9 Å². The number of allylic oxidation sites excluding steroid dienone is 1. The van der Waals surface area contributed by atoms with Crippen molar-refractivity contribution in [1.29, 1.82) is 0 Å². The van der Waals surface area contributed by atoms with Crippen LogP contribution in [0.4, 0.5) is 10.1 Å². The second-order valence-electron chi connectivity index (χ2n) is 8.65. The van der Waals surface area contributed by atoms with E-state index in [1.54, 1.807) is 19.2 Å². The number of anilines is 1. The second kappa shape index (κ2) is 9.67. The molecule has 0 saturated carbocycles. The molecule has 0 radical (unpaired) electrons. The maximum Gasteiger partial charge on any atom is 0.335 e. The van der Waals surface area contributed by atoms with Gasteiger partial charge in [-0.2, -0.15) is 0 Å². The summed E-state index contributed by atoms with van der Waals surface area (Å²) in [5.41, 5.74) is 3.47. The zero-order valence-corrected chi connectivity index (χ0v) is 18.6. The summed E-state index contributed by atoms with van der Waals surface area (Å²) in [4.78, 5) is 39.7. The van der Waals surface area contributed by atoms with E-state index in [-0.39, 0.29) is 35.5 Å². The van der Waals surface area contributed by atoms with Crippen molar-refractivity contribution in [2.24, 2.45) is 0 Å².